The second-order valence-electron chi connectivity index (χ2n) is 5.12. The van der Waals surface area contributed by atoms with Crippen molar-refractivity contribution in [1.82, 2.24) is 10.6 Å². The summed E-state index contributed by atoms with van der Waals surface area (Å²) in [5.41, 5.74) is 0.213. The van der Waals surface area contributed by atoms with Crippen molar-refractivity contribution in [2.75, 3.05) is 20.2 Å². The van der Waals surface area contributed by atoms with E-state index in [4.69, 9.17) is 0 Å². The van der Waals surface area contributed by atoms with Crippen LogP contribution in [0.1, 0.15) is 26.2 Å². The standard InChI is InChI=1S/C12H20N2O3/c1-8(11(16)17-2)14-10(15)9-7-12(9)3-5-13-6-4-12/h8-9,13H,3-7H2,1-2H3,(H,14,15). The number of hydrogen-bond acceptors (Lipinski definition) is 4. The van der Waals surface area contributed by atoms with Gasteiger partial charge in [0, 0.05) is 5.92 Å². The largest absolute Gasteiger partial charge is 0.467 e. The fourth-order valence-corrected chi connectivity index (χ4v) is 2.75. The van der Waals surface area contributed by atoms with Crippen molar-refractivity contribution in [3.63, 3.8) is 0 Å². The SMILES string of the molecule is COC(=O)C(C)NC(=O)C1CC12CCNCC2. The first-order valence-electron chi connectivity index (χ1n) is 6.18. The Kier molecular flexibility index (Phi) is 3.38. The number of carbonyl (C=O) groups is 2. The van der Waals surface area contributed by atoms with Gasteiger partial charge >= 0.3 is 5.97 Å². The maximum Gasteiger partial charge on any atom is 0.328 e. The van der Waals surface area contributed by atoms with Crippen molar-refractivity contribution in [1.29, 1.82) is 0 Å². The van der Waals surface area contributed by atoms with E-state index in [9.17, 15) is 9.59 Å². The third kappa shape index (κ3) is 2.44. The van der Waals surface area contributed by atoms with Crippen molar-refractivity contribution in [3.05, 3.63) is 0 Å². The molecular formula is C12H20N2O3. The monoisotopic (exact) mass is 240 g/mol. The molecule has 5 nitrogen and oxygen atoms in total. The van der Waals surface area contributed by atoms with Crippen molar-refractivity contribution in [2.45, 2.75) is 32.2 Å². The molecule has 1 saturated carbocycles. The summed E-state index contributed by atoms with van der Waals surface area (Å²) in [6, 6.07) is -0.549. The molecule has 1 spiro atoms. The van der Waals surface area contributed by atoms with Gasteiger partial charge in [-0.3, -0.25) is 4.79 Å². The van der Waals surface area contributed by atoms with Crippen LogP contribution in [0.2, 0.25) is 0 Å². The minimum atomic E-state index is -0.549. The number of rotatable bonds is 3. The number of nitrogens with one attached hydrogen (secondary N) is 2. The molecule has 0 bridgehead atoms. The molecule has 2 atom stereocenters. The Bertz CT molecular complexity index is 324. The van der Waals surface area contributed by atoms with Gasteiger partial charge in [0.2, 0.25) is 5.91 Å². The van der Waals surface area contributed by atoms with E-state index in [1.807, 2.05) is 0 Å². The smallest absolute Gasteiger partial charge is 0.328 e. The third-order valence-electron chi connectivity index (χ3n) is 4.02. The lowest BCUT2D eigenvalue weighted by molar-refractivity contribution is -0.144. The first-order valence-corrected chi connectivity index (χ1v) is 6.18. The van der Waals surface area contributed by atoms with E-state index in [1.165, 1.54) is 7.11 Å². The highest BCUT2D eigenvalue weighted by molar-refractivity contribution is 5.87. The first-order chi connectivity index (χ1) is 8.09. The van der Waals surface area contributed by atoms with Gasteiger partial charge in [0.25, 0.3) is 0 Å². The molecule has 5 heteroatoms. The summed E-state index contributed by atoms with van der Waals surface area (Å²) >= 11 is 0. The topological polar surface area (TPSA) is 67.4 Å². The molecule has 1 aliphatic carbocycles. The van der Waals surface area contributed by atoms with Crippen LogP contribution in [0, 0.1) is 11.3 Å². The van der Waals surface area contributed by atoms with E-state index < -0.39 is 12.0 Å². The molecule has 2 fully saturated rings. The molecule has 0 aromatic carbocycles. The lowest BCUT2D eigenvalue weighted by Crippen LogP contribution is -2.41. The van der Waals surface area contributed by atoms with E-state index in [2.05, 4.69) is 15.4 Å². The fraction of sp³-hybridized carbons (Fsp3) is 0.833. The Morgan fingerprint density at radius 3 is 2.65 bits per heavy atom. The van der Waals surface area contributed by atoms with Crippen molar-refractivity contribution in [3.8, 4) is 0 Å². The van der Waals surface area contributed by atoms with Crippen LogP contribution in [-0.4, -0.2) is 38.1 Å². The summed E-state index contributed by atoms with van der Waals surface area (Å²) in [6.45, 7) is 3.65. The third-order valence-corrected chi connectivity index (χ3v) is 4.02. The molecule has 1 aliphatic heterocycles. The Morgan fingerprint density at radius 2 is 2.06 bits per heavy atom. The highest BCUT2D eigenvalue weighted by Crippen LogP contribution is 2.58. The first kappa shape index (κ1) is 12.4. The Morgan fingerprint density at radius 1 is 1.41 bits per heavy atom. The molecular weight excluding hydrogens is 220 g/mol. The van der Waals surface area contributed by atoms with Gasteiger partial charge < -0.3 is 15.4 Å². The zero-order valence-electron chi connectivity index (χ0n) is 10.4. The van der Waals surface area contributed by atoms with E-state index in [-0.39, 0.29) is 17.2 Å². The molecule has 96 valence electrons. The van der Waals surface area contributed by atoms with Crippen LogP contribution >= 0.6 is 0 Å². The highest BCUT2D eigenvalue weighted by Gasteiger charge is 2.57. The normalized spacial score (nSPS) is 27.3. The van der Waals surface area contributed by atoms with E-state index in [1.54, 1.807) is 6.92 Å². The lowest BCUT2D eigenvalue weighted by Gasteiger charge is -2.23. The van der Waals surface area contributed by atoms with Crippen molar-refractivity contribution >= 4 is 11.9 Å². The summed E-state index contributed by atoms with van der Waals surface area (Å²) in [6.07, 6.45) is 3.10. The number of ether oxygens (including phenoxy) is 1. The van der Waals surface area contributed by atoms with E-state index >= 15 is 0 Å². The predicted molar refractivity (Wildman–Crippen MR) is 62.3 cm³/mol. The van der Waals surface area contributed by atoms with Gasteiger partial charge in [0.15, 0.2) is 0 Å². The summed E-state index contributed by atoms with van der Waals surface area (Å²) in [5.74, 6) is -0.292. The van der Waals surface area contributed by atoms with Crippen LogP contribution in [-0.2, 0) is 14.3 Å². The number of piperidine rings is 1. The minimum absolute atomic E-state index is 0.00444. The highest BCUT2D eigenvalue weighted by atomic mass is 16.5. The summed E-state index contributed by atoms with van der Waals surface area (Å²) in [5, 5.41) is 6.03. The molecule has 2 N–H and O–H groups in total. The second kappa shape index (κ2) is 4.64. The average Bonchev–Trinajstić information content (AvgIpc) is 3.02. The van der Waals surface area contributed by atoms with Crippen molar-refractivity contribution in [2.24, 2.45) is 11.3 Å². The molecule has 1 saturated heterocycles. The van der Waals surface area contributed by atoms with Crippen LogP contribution in [0.25, 0.3) is 0 Å². The lowest BCUT2D eigenvalue weighted by atomic mass is 9.91. The number of carbonyl (C=O) groups excluding carboxylic acids is 2. The molecule has 2 rings (SSSR count). The Labute approximate surface area is 101 Å². The molecule has 2 unspecified atom stereocenters. The maximum atomic E-state index is 12.0. The second-order valence-corrected chi connectivity index (χ2v) is 5.12. The molecule has 1 heterocycles. The fourth-order valence-electron chi connectivity index (χ4n) is 2.75. The van der Waals surface area contributed by atoms with Gasteiger partial charge in [0.1, 0.15) is 6.04 Å². The van der Waals surface area contributed by atoms with Gasteiger partial charge in [-0.1, -0.05) is 0 Å². The van der Waals surface area contributed by atoms with Crippen LogP contribution in [0.4, 0.5) is 0 Å². The zero-order chi connectivity index (χ0) is 12.5. The summed E-state index contributed by atoms with van der Waals surface area (Å²) in [4.78, 5) is 23.2. The maximum absolute atomic E-state index is 12.0. The predicted octanol–water partition coefficient (Wildman–Crippen LogP) is 0.0538. The molecule has 0 aromatic heterocycles. The van der Waals surface area contributed by atoms with Crippen molar-refractivity contribution < 1.29 is 14.3 Å². The molecule has 17 heavy (non-hydrogen) atoms. The summed E-state index contributed by atoms with van der Waals surface area (Å²) < 4.78 is 4.59. The Hall–Kier alpha value is -1.10. The van der Waals surface area contributed by atoms with Gasteiger partial charge in [-0.05, 0) is 44.7 Å². The number of amides is 1. The van der Waals surface area contributed by atoms with Gasteiger partial charge in [-0.2, -0.15) is 0 Å². The minimum Gasteiger partial charge on any atom is -0.467 e. The Balaban J connectivity index is 1.84. The van der Waals surface area contributed by atoms with Crippen LogP contribution < -0.4 is 10.6 Å². The molecule has 2 aliphatic rings. The van der Waals surface area contributed by atoms with Gasteiger partial charge in [-0.15, -0.1) is 0 Å². The van der Waals surface area contributed by atoms with E-state index in [0.29, 0.717) is 0 Å². The van der Waals surface area contributed by atoms with Gasteiger partial charge in [-0.25, -0.2) is 4.79 Å². The molecule has 0 radical (unpaired) electrons. The number of hydrogen-bond donors (Lipinski definition) is 2. The number of esters is 1. The quantitative estimate of drug-likeness (QED) is 0.684. The molecule has 0 aromatic rings. The van der Waals surface area contributed by atoms with Gasteiger partial charge in [0.05, 0.1) is 7.11 Å². The van der Waals surface area contributed by atoms with Crippen LogP contribution in [0.5, 0.6) is 0 Å². The van der Waals surface area contributed by atoms with E-state index in [0.717, 1.165) is 32.4 Å². The van der Waals surface area contributed by atoms with Crippen LogP contribution in [0.15, 0.2) is 0 Å². The zero-order valence-corrected chi connectivity index (χ0v) is 10.4. The molecule has 1 amide bonds. The van der Waals surface area contributed by atoms with Crippen LogP contribution in [0.3, 0.4) is 0 Å². The number of methoxy groups -OCH3 is 1. The summed E-state index contributed by atoms with van der Waals surface area (Å²) in [7, 11) is 1.33. The average molecular weight is 240 g/mol.